The molecule has 0 saturated heterocycles. The smallest absolute Gasteiger partial charge is 0.261 e. The van der Waals surface area contributed by atoms with Crippen LogP contribution in [-0.2, 0) is 10.0 Å². The second-order valence-corrected chi connectivity index (χ2v) is 8.88. The van der Waals surface area contributed by atoms with Gasteiger partial charge in [0.15, 0.2) is 5.82 Å². The molecule has 0 unspecified atom stereocenters. The van der Waals surface area contributed by atoms with Crippen LogP contribution in [0, 0.1) is 11.6 Å². The molecule has 9 heteroatoms. The first-order valence-electron chi connectivity index (χ1n) is 10.1. The van der Waals surface area contributed by atoms with Gasteiger partial charge in [0.05, 0.1) is 23.3 Å². The van der Waals surface area contributed by atoms with Gasteiger partial charge in [-0.2, -0.15) is 0 Å². The molecule has 4 aromatic rings. The topological polar surface area (TPSA) is 84.1 Å². The quantitative estimate of drug-likeness (QED) is 0.375. The molecule has 0 aliphatic carbocycles. The first-order chi connectivity index (χ1) is 15.9. The average Bonchev–Trinajstić information content (AvgIpc) is 3.24. The molecule has 170 valence electrons. The van der Waals surface area contributed by atoms with Crippen LogP contribution in [0.25, 0.3) is 16.6 Å². The summed E-state index contributed by atoms with van der Waals surface area (Å²) < 4.78 is 63.4. The molecular weight excluding hydrogens is 448 g/mol. The molecule has 0 aliphatic heterocycles. The molecule has 0 spiro atoms. The summed E-state index contributed by atoms with van der Waals surface area (Å²) in [5, 5.41) is 0.695. The number of H-pyrrole nitrogens is 1. The number of nitrogens with one attached hydrogen (secondary N) is 2. The highest BCUT2D eigenvalue weighted by molar-refractivity contribution is 7.92. The lowest BCUT2D eigenvalue weighted by molar-refractivity contribution is 0.414. The number of halogens is 2. The van der Waals surface area contributed by atoms with Gasteiger partial charge in [-0.05, 0) is 60.5 Å². The monoisotopic (exact) mass is 469 g/mol. The van der Waals surface area contributed by atoms with Gasteiger partial charge in [-0.15, -0.1) is 0 Å². The Kier molecular flexibility index (Phi) is 6.15. The minimum Gasteiger partial charge on any atom is -0.497 e. The lowest BCUT2D eigenvalue weighted by atomic mass is 9.95. The zero-order valence-corrected chi connectivity index (χ0v) is 18.7. The van der Waals surface area contributed by atoms with Crippen molar-refractivity contribution < 1.29 is 21.9 Å². The molecular formula is C24H21F2N3O3S. The van der Waals surface area contributed by atoms with E-state index in [1.165, 1.54) is 31.4 Å². The van der Waals surface area contributed by atoms with Gasteiger partial charge in [0.1, 0.15) is 17.2 Å². The van der Waals surface area contributed by atoms with Crippen LogP contribution in [0.5, 0.6) is 5.75 Å². The summed E-state index contributed by atoms with van der Waals surface area (Å²) >= 11 is 0. The number of anilines is 1. The van der Waals surface area contributed by atoms with Crippen molar-refractivity contribution in [1.29, 1.82) is 0 Å². The van der Waals surface area contributed by atoms with E-state index in [4.69, 9.17) is 4.74 Å². The number of rotatable bonds is 7. The van der Waals surface area contributed by atoms with E-state index < -0.39 is 21.7 Å². The van der Waals surface area contributed by atoms with Crippen LogP contribution in [-0.4, -0.2) is 25.5 Å². The predicted molar refractivity (Wildman–Crippen MR) is 124 cm³/mol. The van der Waals surface area contributed by atoms with E-state index in [0.29, 0.717) is 34.3 Å². The zero-order valence-electron chi connectivity index (χ0n) is 17.9. The fraction of sp³-hybridized carbons (Fsp3) is 0.125. The largest absolute Gasteiger partial charge is 0.497 e. The molecule has 6 nitrogen and oxygen atoms in total. The number of allylic oxidation sites excluding steroid dienone is 1. The summed E-state index contributed by atoms with van der Waals surface area (Å²) in [7, 11) is -2.66. The number of methoxy groups -OCH3 is 1. The Morgan fingerprint density at radius 3 is 2.61 bits per heavy atom. The summed E-state index contributed by atoms with van der Waals surface area (Å²) in [5.41, 5.74) is 0.760. The maximum atomic E-state index is 15.6. The van der Waals surface area contributed by atoms with Crippen molar-refractivity contribution in [3.05, 3.63) is 89.8 Å². The first-order valence-corrected chi connectivity index (χ1v) is 11.6. The Morgan fingerprint density at radius 1 is 1.15 bits per heavy atom. The van der Waals surface area contributed by atoms with E-state index in [1.807, 2.05) is 6.92 Å². The number of hydrogen-bond donors (Lipinski definition) is 2. The molecule has 2 heterocycles. The van der Waals surface area contributed by atoms with E-state index in [0.717, 1.165) is 12.1 Å². The van der Waals surface area contributed by atoms with Crippen LogP contribution < -0.4 is 9.46 Å². The Balaban J connectivity index is 1.79. The summed E-state index contributed by atoms with van der Waals surface area (Å²) in [5.74, 6) is -1.34. The third kappa shape index (κ3) is 4.31. The van der Waals surface area contributed by atoms with Crippen molar-refractivity contribution in [3.63, 3.8) is 0 Å². The van der Waals surface area contributed by atoms with Gasteiger partial charge >= 0.3 is 0 Å². The lowest BCUT2D eigenvalue weighted by Gasteiger charge is -2.15. The standard InChI is InChI=1S/C24H21F2N3O3S/c1-3-5-17(19-14-28-24-18(19)6-4-13-27-24)22-20(25)11-12-21(23(22)26)29-33(30,31)16-9-7-15(32-2)8-10-16/h4-14,29H,3H2,1-2H3,(H,27,28)/b17-5-. The minimum atomic E-state index is -4.12. The zero-order chi connectivity index (χ0) is 23.6. The van der Waals surface area contributed by atoms with Gasteiger partial charge in [-0.3, -0.25) is 4.72 Å². The van der Waals surface area contributed by atoms with Gasteiger partial charge in [0, 0.05) is 23.3 Å². The number of fused-ring (bicyclic) bond motifs is 1. The third-order valence-corrected chi connectivity index (χ3v) is 6.51. The molecule has 0 saturated carbocycles. The number of ether oxygens (including phenoxy) is 1. The fourth-order valence-corrected chi connectivity index (χ4v) is 4.63. The number of sulfonamides is 1. The Morgan fingerprint density at radius 2 is 1.91 bits per heavy atom. The van der Waals surface area contributed by atoms with Gasteiger partial charge in [-0.1, -0.05) is 13.0 Å². The van der Waals surface area contributed by atoms with Crippen molar-refractivity contribution in [1.82, 2.24) is 9.97 Å². The highest BCUT2D eigenvalue weighted by Gasteiger charge is 2.24. The van der Waals surface area contributed by atoms with Crippen molar-refractivity contribution in [2.45, 2.75) is 18.2 Å². The predicted octanol–water partition coefficient (Wildman–Crippen LogP) is 5.49. The van der Waals surface area contributed by atoms with Crippen LogP contribution in [0.4, 0.5) is 14.5 Å². The molecule has 0 bridgehead atoms. The molecule has 33 heavy (non-hydrogen) atoms. The maximum Gasteiger partial charge on any atom is 0.261 e. The van der Waals surface area contributed by atoms with Gasteiger partial charge < -0.3 is 9.72 Å². The number of aromatic amines is 1. The Bertz CT molecular complexity index is 1450. The SMILES string of the molecule is CC/C=C(\c1c(F)ccc(NS(=O)(=O)c2ccc(OC)cc2)c1F)c1c[nH]c2ncccc12. The van der Waals surface area contributed by atoms with Crippen LogP contribution in [0.1, 0.15) is 24.5 Å². The van der Waals surface area contributed by atoms with Gasteiger partial charge in [0.2, 0.25) is 0 Å². The average molecular weight is 470 g/mol. The number of aromatic nitrogens is 2. The molecule has 0 radical (unpaired) electrons. The van der Waals surface area contributed by atoms with Crippen molar-refractivity contribution in [2.75, 3.05) is 11.8 Å². The third-order valence-electron chi connectivity index (χ3n) is 5.12. The van der Waals surface area contributed by atoms with Crippen LogP contribution in [0.15, 0.2) is 71.9 Å². The van der Waals surface area contributed by atoms with E-state index in [9.17, 15) is 12.8 Å². The summed E-state index contributed by atoms with van der Waals surface area (Å²) in [6.45, 7) is 1.85. The highest BCUT2D eigenvalue weighted by atomic mass is 32.2. The highest BCUT2D eigenvalue weighted by Crippen LogP contribution is 2.35. The lowest BCUT2D eigenvalue weighted by Crippen LogP contribution is -2.15. The van der Waals surface area contributed by atoms with Crippen molar-refractivity contribution in [3.8, 4) is 5.75 Å². The van der Waals surface area contributed by atoms with Gasteiger partial charge in [-0.25, -0.2) is 22.2 Å². The molecule has 2 aromatic heterocycles. The van der Waals surface area contributed by atoms with E-state index in [2.05, 4.69) is 14.7 Å². The normalized spacial score (nSPS) is 12.2. The minimum absolute atomic E-state index is 0.0828. The molecule has 0 amide bonds. The summed E-state index contributed by atoms with van der Waals surface area (Å²) in [6, 6.07) is 11.3. The molecule has 0 fully saturated rings. The molecule has 2 N–H and O–H groups in total. The fourth-order valence-electron chi connectivity index (χ4n) is 3.57. The second kappa shape index (κ2) is 9.03. The number of nitrogens with zero attached hydrogens (tertiary/aromatic N) is 1. The van der Waals surface area contributed by atoms with Gasteiger partial charge in [0.25, 0.3) is 10.0 Å². The Labute approximate surface area is 190 Å². The van der Waals surface area contributed by atoms with E-state index in [1.54, 1.807) is 30.6 Å². The summed E-state index contributed by atoms with van der Waals surface area (Å²) in [6.07, 6.45) is 5.44. The number of pyridine rings is 1. The Hall–Kier alpha value is -3.72. The first kappa shape index (κ1) is 22.5. The summed E-state index contributed by atoms with van der Waals surface area (Å²) in [4.78, 5) is 7.14. The van der Waals surface area contributed by atoms with E-state index in [-0.39, 0.29) is 16.1 Å². The van der Waals surface area contributed by atoms with Crippen LogP contribution >= 0.6 is 0 Å². The number of benzene rings is 2. The van der Waals surface area contributed by atoms with Crippen molar-refractivity contribution >= 4 is 32.3 Å². The maximum absolute atomic E-state index is 15.6. The van der Waals surface area contributed by atoms with Crippen LogP contribution in [0.2, 0.25) is 0 Å². The molecule has 4 rings (SSSR count). The van der Waals surface area contributed by atoms with Crippen molar-refractivity contribution in [2.24, 2.45) is 0 Å². The van der Waals surface area contributed by atoms with E-state index >= 15 is 4.39 Å². The number of hydrogen-bond acceptors (Lipinski definition) is 4. The molecule has 0 aliphatic rings. The molecule has 2 aromatic carbocycles. The van der Waals surface area contributed by atoms with Crippen LogP contribution in [0.3, 0.4) is 0 Å². The second-order valence-electron chi connectivity index (χ2n) is 7.19. The molecule has 0 atom stereocenters.